The molecule has 0 amide bonds. The molecule has 4 heteroatoms. The summed E-state index contributed by atoms with van der Waals surface area (Å²) in [5, 5.41) is 0.694. The minimum Gasteiger partial charge on any atom is -0.490 e. The molecule has 0 bridgehead atoms. The smallest absolute Gasteiger partial charge is 0.161 e. The lowest BCUT2D eigenvalue weighted by atomic mass is 10.3. The molecule has 0 aliphatic carbocycles. The second kappa shape index (κ2) is 7.65. The van der Waals surface area contributed by atoms with E-state index in [4.69, 9.17) is 25.8 Å². The quantitative estimate of drug-likeness (QED) is 0.716. The summed E-state index contributed by atoms with van der Waals surface area (Å²) in [6, 6.07) is 14.9. The molecule has 0 aliphatic heterocycles. The van der Waals surface area contributed by atoms with Crippen LogP contribution in [0.25, 0.3) is 0 Å². The summed E-state index contributed by atoms with van der Waals surface area (Å²) in [5.74, 6) is 2.26. The molecule has 0 radical (unpaired) electrons. The van der Waals surface area contributed by atoms with Crippen molar-refractivity contribution >= 4 is 11.6 Å². The fourth-order valence-electron chi connectivity index (χ4n) is 1.69. The number of hydrogen-bond donors (Lipinski definition) is 0. The van der Waals surface area contributed by atoms with Gasteiger partial charge in [-0.05, 0) is 43.3 Å². The Morgan fingerprint density at radius 2 is 1.40 bits per heavy atom. The third kappa shape index (κ3) is 4.35. The molecular weight excluding hydrogens is 276 g/mol. The first kappa shape index (κ1) is 14.5. The summed E-state index contributed by atoms with van der Waals surface area (Å²) in [5.41, 5.74) is 0. The summed E-state index contributed by atoms with van der Waals surface area (Å²) in [6.07, 6.45) is 0. The molecule has 0 unspecified atom stereocenters. The van der Waals surface area contributed by atoms with Gasteiger partial charge in [-0.1, -0.05) is 23.7 Å². The van der Waals surface area contributed by atoms with E-state index in [-0.39, 0.29) is 0 Å². The van der Waals surface area contributed by atoms with Crippen LogP contribution < -0.4 is 14.2 Å². The van der Waals surface area contributed by atoms with Crippen molar-refractivity contribution in [2.24, 2.45) is 0 Å². The van der Waals surface area contributed by atoms with E-state index in [0.717, 1.165) is 17.2 Å². The Labute approximate surface area is 124 Å². The van der Waals surface area contributed by atoms with Gasteiger partial charge < -0.3 is 14.2 Å². The highest BCUT2D eigenvalue weighted by molar-refractivity contribution is 6.30. The van der Waals surface area contributed by atoms with E-state index in [1.807, 2.05) is 43.3 Å². The topological polar surface area (TPSA) is 27.7 Å². The molecule has 3 nitrogen and oxygen atoms in total. The molecule has 106 valence electrons. The van der Waals surface area contributed by atoms with Crippen LogP contribution in [0.15, 0.2) is 48.5 Å². The van der Waals surface area contributed by atoms with Crippen LogP contribution in [0.4, 0.5) is 0 Å². The van der Waals surface area contributed by atoms with Crippen LogP contribution >= 0.6 is 11.6 Å². The highest BCUT2D eigenvalue weighted by Gasteiger charge is 2.03. The van der Waals surface area contributed by atoms with Crippen molar-refractivity contribution in [2.75, 3.05) is 19.8 Å². The van der Waals surface area contributed by atoms with Gasteiger partial charge >= 0.3 is 0 Å². The second-order valence-corrected chi connectivity index (χ2v) is 4.47. The van der Waals surface area contributed by atoms with Gasteiger partial charge in [0.25, 0.3) is 0 Å². The van der Waals surface area contributed by atoms with Gasteiger partial charge in [0.15, 0.2) is 11.5 Å². The van der Waals surface area contributed by atoms with E-state index in [1.54, 1.807) is 12.1 Å². The largest absolute Gasteiger partial charge is 0.490 e. The fourth-order valence-corrected chi connectivity index (χ4v) is 1.81. The first-order chi connectivity index (χ1) is 9.79. The normalized spacial score (nSPS) is 10.1. The van der Waals surface area contributed by atoms with E-state index in [0.29, 0.717) is 24.8 Å². The lowest BCUT2D eigenvalue weighted by Crippen LogP contribution is -2.09. The van der Waals surface area contributed by atoms with Gasteiger partial charge in [-0.3, -0.25) is 0 Å². The zero-order valence-electron chi connectivity index (χ0n) is 11.3. The predicted octanol–water partition coefficient (Wildman–Crippen LogP) is 4.20. The van der Waals surface area contributed by atoms with Crippen molar-refractivity contribution in [2.45, 2.75) is 6.92 Å². The molecule has 0 heterocycles. The number of ether oxygens (including phenoxy) is 3. The number of para-hydroxylation sites is 2. The Morgan fingerprint density at radius 3 is 2.05 bits per heavy atom. The van der Waals surface area contributed by atoms with Crippen molar-refractivity contribution in [3.05, 3.63) is 53.6 Å². The zero-order chi connectivity index (χ0) is 14.2. The Bertz CT molecular complexity index is 526. The number of rotatable bonds is 7. The van der Waals surface area contributed by atoms with Gasteiger partial charge in [0, 0.05) is 5.02 Å². The van der Waals surface area contributed by atoms with Crippen LogP contribution in [-0.4, -0.2) is 19.8 Å². The molecule has 0 aliphatic rings. The molecule has 0 saturated carbocycles. The first-order valence-electron chi connectivity index (χ1n) is 6.52. The van der Waals surface area contributed by atoms with Crippen molar-refractivity contribution in [1.82, 2.24) is 0 Å². The van der Waals surface area contributed by atoms with Crippen LogP contribution in [0.2, 0.25) is 5.02 Å². The van der Waals surface area contributed by atoms with Crippen molar-refractivity contribution in [3.8, 4) is 17.2 Å². The van der Waals surface area contributed by atoms with E-state index >= 15 is 0 Å². The Kier molecular flexibility index (Phi) is 5.56. The molecule has 0 N–H and O–H groups in total. The standard InChI is InChI=1S/C16H17ClO3/c1-2-18-15-5-3-4-6-16(15)20-12-11-19-14-9-7-13(17)8-10-14/h3-10H,2,11-12H2,1H3. The Balaban J connectivity index is 1.79. The summed E-state index contributed by atoms with van der Waals surface area (Å²) < 4.78 is 16.7. The van der Waals surface area contributed by atoms with Crippen LogP contribution in [0.5, 0.6) is 17.2 Å². The number of hydrogen-bond acceptors (Lipinski definition) is 3. The highest BCUT2D eigenvalue weighted by atomic mass is 35.5. The highest BCUT2D eigenvalue weighted by Crippen LogP contribution is 2.26. The fraction of sp³-hybridized carbons (Fsp3) is 0.250. The first-order valence-corrected chi connectivity index (χ1v) is 6.90. The van der Waals surface area contributed by atoms with Crippen LogP contribution in [-0.2, 0) is 0 Å². The average molecular weight is 293 g/mol. The lowest BCUT2D eigenvalue weighted by molar-refractivity contribution is 0.208. The third-order valence-electron chi connectivity index (χ3n) is 2.57. The molecule has 0 atom stereocenters. The lowest BCUT2D eigenvalue weighted by Gasteiger charge is -2.12. The van der Waals surface area contributed by atoms with E-state index < -0.39 is 0 Å². The van der Waals surface area contributed by atoms with Crippen molar-refractivity contribution in [3.63, 3.8) is 0 Å². The predicted molar refractivity (Wildman–Crippen MR) is 80.1 cm³/mol. The average Bonchev–Trinajstić information content (AvgIpc) is 2.47. The molecule has 0 spiro atoms. The van der Waals surface area contributed by atoms with Gasteiger partial charge in [0.05, 0.1) is 6.61 Å². The minimum atomic E-state index is 0.451. The molecule has 2 rings (SSSR count). The molecule has 0 fully saturated rings. The second-order valence-electron chi connectivity index (χ2n) is 4.03. The Morgan fingerprint density at radius 1 is 0.800 bits per heavy atom. The van der Waals surface area contributed by atoms with E-state index in [9.17, 15) is 0 Å². The maximum Gasteiger partial charge on any atom is 0.161 e. The summed E-state index contributed by atoms with van der Waals surface area (Å²) in [4.78, 5) is 0. The maximum atomic E-state index is 5.81. The zero-order valence-corrected chi connectivity index (χ0v) is 12.1. The Hall–Kier alpha value is -1.87. The van der Waals surface area contributed by atoms with Gasteiger partial charge in [0.1, 0.15) is 19.0 Å². The van der Waals surface area contributed by atoms with Crippen molar-refractivity contribution in [1.29, 1.82) is 0 Å². The van der Waals surface area contributed by atoms with Gasteiger partial charge in [0.2, 0.25) is 0 Å². The minimum absolute atomic E-state index is 0.451. The summed E-state index contributed by atoms with van der Waals surface area (Å²) in [6.45, 7) is 3.47. The number of benzene rings is 2. The van der Waals surface area contributed by atoms with E-state index in [2.05, 4.69) is 0 Å². The van der Waals surface area contributed by atoms with Crippen molar-refractivity contribution < 1.29 is 14.2 Å². The molecule has 2 aromatic rings. The molecule has 2 aromatic carbocycles. The van der Waals surface area contributed by atoms with Gasteiger partial charge in [-0.15, -0.1) is 0 Å². The molecule has 20 heavy (non-hydrogen) atoms. The van der Waals surface area contributed by atoms with E-state index in [1.165, 1.54) is 0 Å². The van der Waals surface area contributed by atoms with Crippen LogP contribution in [0, 0.1) is 0 Å². The van der Waals surface area contributed by atoms with Crippen LogP contribution in [0.1, 0.15) is 6.92 Å². The molecule has 0 aromatic heterocycles. The molecular formula is C16H17ClO3. The van der Waals surface area contributed by atoms with Gasteiger partial charge in [-0.25, -0.2) is 0 Å². The third-order valence-corrected chi connectivity index (χ3v) is 2.82. The number of halogens is 1. The van der Waals surface area contributed by atoms with Gasteiger partial charge in [-0.2, -0.15) is 0 Å². The van der Waals surface area contributed by atoms with Crippen LogP contribution in [0.3, 0.4) is 0 Å². The maximum absolute atomic E-state index is 5.81. The SMILES string of the molecule is CCOc1ccccc1OCCOc1ccc(Cl)cc1. The summed E-state index contributed by atoms with van der Waals surface area (Å²) >= 11 is 5.81. The summed E-state index contributed by atoms with van der Waals surface area (Å²) in [7, 11) is 0. The molecule has 0 saturated heterocycles. The monoisotopic (exact) mass is 292 g/mol.